The van der Waals surface area contributed by atoms with Gasteiger partial charge in [-0.05, 0) is 37.6 Å². The lowest BCUT2D eigenvalue weighted by Crippen LogP contribution is -2.13. The van der Waals surface area contributed by atoms with E-state index in [-0.39, 0.29) is 0 Å². The van der Waals surface area contributed by atoms with Crippen molar-refractivity contribution in [3.63, 3.8) is 0 Å². The quantitative estimate of drug-likeness (QED) is 0.861. The van der Waals surface area contributed by atoms with Crippen molar-refractivity contribution in [1.29, 1.82) is 0 Å². The molecular formula is C13H20BrNO. The zero-order valence-corrected chi connectivity index (χ0v) is 11.9. The summed E-state index contributed by atoms with van der Waals surface area (Å²) >= 11 is 3.52. The molecule has 0 heterocycles. The molecule has 0 aromatic heterocycles. The number of hydrogen-bond acceptors (Lipinski definition) is 2. The Bertz CT molecular complexity index is 339. The molecule has 0 fully saturated rings. The van der Waals surface area contributed by atoms with Gasteiger partial charge in [0.05, 0.1) is 6.61 Å². The molecule has 0 aliphatic carbocycles. The number of benzene rings is 1. The summed E-state index contributed by atoms with van der Waals surface area (Å²) in [6, 6.07) is 4.22. The molecule has 0 aliphatic heterocycles. The third kappa shape index (κ3) is 3.80. The van der Waals surface area contributed by atoms with E-state index in [1.54, 1.807) is 0 Å². The highest BCUT2D eigenvalue weighted by molar-refractivity contribution is 9.10. The van der Waals surface area contributed by atoms with E-state index in [4.69, 9.17) is 4.74 Å². The maximum absolute atomic E-state index is 5.81. The van der Waals surface area contributed by atoms with Crippen LogP contribution in [0.3, 0.4) is 0 Å². The molecular weight excluding hydrogens is 266 g/mol. The highest BCUT2D eigenvalue weighted by Crippen LogP contribution is 2.28. The maximum atomic E-state index is 5.81. The lowest BCUT2D eigenvalue weighted by atomic mass is 10.1. The number of nitrogens with one attached hydrogen (secondary N) is 1. The zero-order valence-electron chi connectivity index (χ0n) is 10.3. The predicted octanol–water partition coefficient (Wildman–Crippen LogP) is 3.66. The van der Waals surface area contributed by atoms with Crippen molar-refractivity contribution in [2.24, 2.45) is 0 Å². The van der Waals surface area contributed by atoms with Crippen LogP contribution in [0, 0.1) is 6.92 Å². The van der Waals surface area contributed by atoms with E-state index in [9.17, 15) is 0 Å². The van der Waals surface area contributed by atoms with Crippen molar-refractivity contribution >= 4 is 15.9 Å². The van der Waals surface area contributed by atoms with Crippen molar-refractivity contribution < 1.29 is 4.74 Å². The Kier molecular flexibility index (Phi) is 5.85. The van der Waals surface area contributed by atoms with E-state index in [0.717, 1.165) is 36.3 Å². The number of ether oxygens (including phenoxy) is 1. The molecule has 0 saturated carbocycles. The second kappa shape index (κ2) is 6.92. The molecule has 1 aromatic carbocycles. The molecule has 0 atom stereocenters. The van der Waals surface area contributed by atoms with Gasteiger partial charge in [0, 0.05) is 16.6 Å². The van der Waals surface area contributed by atoms with Crippen LogP contribution >= 0.6 is 15.9 Å². The molecule has 0 aliphatic rings. The van der Waals surface area contributed by atoms with Crippen LogP contribution in [0.15, 0.2) is 16.6 Å². The van der Waals surface area contributed by atoms with Gasteiger partial charge in [-0.15, -0.1) is 0 Å². The van der Waals surface area contributed by atoms with Crippen LogP contribution in [0.2, 0.25) is 0 Å². The van der Waals surface area contributed by atoms with E-state index in [0.29, 0.717) is 0 Å². The van der Waals surface area contributed by atoms with Gasteiger partial charge in [0.25, 0.3) is 0 Å². The Morgan fingerprint density at radius 2 is 2.06 bits per heavy atom. The van der Waals surface area contributed by atoms with Crippen molar-refractivity contribution in [2.75, 3.05) is 13.2 Å². The minimum atomic E-state index is 0.779. The van der Waals surface area contributed by atoms with E-state index < -0.39 is 0 Å². The fourth-order valence-electron chi connectivity index (χ4n) is 1.60. The van der Waals surface area contributed by atoms with Crippen molar-refractivity contribution in [2.45, 2.75) is 33.7 Å². The summed E-state index contributed by atoms with van der Waals surface area (Å²) in [6.07, 6.45) is 1.04. The summed E-state index contributed by atoms with van der Waals surface area (Å²) in [5.74, 6) is 1.03. The third-order valence-electron chi connectivity index (χ3n) is 2.33. The summed E-state index contributed by atoms with van der Waals surface area (Å²) < 4.78 is 6.92. The second-order valence-corrected chi connectivity index (χ2v) is 4.76. The first kappa shape index (κ1) is 13.5. The number of rotatable bonds is 6. The van der Waals surface area contributed by atoms with E-state index in [1.165, 1.54) is 11.1 Å². The standard InChI is InChI=1S/C13H20BrNO/c1-4-6-16-13-10(3)7-12(14)8-11(13)9-15-5-2/h7-8,15H,4-6,9H2,1-3H3. The summed E-state index contributed by atoms with van der Waals surface area (Å²) in [4.78, 5) is 0. The van der Waals surface area contributed by atoms with Gasteiger partial charge in [0.2, 0.25) is 0 Å². The van der Waals surface area contributed by atoms with Gasteiger partial charge in [-0.1, -0.05) is 29.8 Å². The Labute approximate surface area is 107 Å². The largest absolute Gasteiger partial charge is 0.493 e. The Balaban J connectivity index is 2.91. The van der Waals surface area contributed by atoms with Crippen LogP contribution in [-0.4, -0.2) is 13.2 Å². The Morgan fingerprint density at radius 1 is 1.31 bits per heavy atom. The van der Waals surface area contributed by atoms with Gasteiger partial charge in [-0.3, -0.25) is 0 Å². The molecule has 1 aromatic rings. The average Bonchev–Trinajstić information content (AvgIpc) is 2.24. The minimum Gasteiger partial charge on any atom is -0.493 e. The Hall–Kier alpha value is -0.540. The molecule has 1 rings (SSSR count). The number of aryl methyl sites for hydroxylation is 1. The average molecular weight is 286 g/mol. The van der Waals surface area contributed by atoms with Gasteiger partial charge in [0.15, 0.2) is 0 Å². The van der Waals surface area contributed by atoms with Crippen LogP contribution in [-0.2, 0) is 6.54 Å². The van der Waals surface area contributed by atoms with E-state index in [2.05, 4.69) is 54.2 Å². The molecule has 3 heteroatoms. The van der Waals surface area contributed by atoms with E-state index >= 15 is 0 Å². The molecule has 0 saturated heterocycles. The normalized spacial score (nSPS) is 10.5. The van der Waals surface area contributed by atoms with Crippen molar-refractivity contribution in [1.82, 2.24) is 5.32 Å². The van der Waals surface area contributed by atoms with Gasteiger partial charge >= 0.3 is 0 Å². The molecule has 0 spiro atoms. The topological polar surface area (TPSA) is 21.3 Å². The van der Waals surface area contributed by atoms with Crippen LogP contribution < -0.4 is 10.1 Å². The lowest BCUT2D eigenvalue weighted by molar-refractivity contribution is 0.311. The molecule has 90 valence electrons. The van der Waals surface area contributed by atoms with E-state index in [1.807, 2.05) is 0 Å². The first-order valence-electron chi connectivity index (χ1n) is 5.81. The zero-order chi connectivity index (χ0) is 12.0. The fourth-order valence-corrected chi connectivity index (χ4v) is 2.22. The molecule has 0 unspecified atom stereocenters. The van der Waals surface area contributed by atoms with Crippen LogP contribution in [0.1, 0.15) is 31.4 Å². The highest BCUT2D eigenvalue weighted by Gasteiger charge is 2.08. The van der Waals surface area contributed by atoms with Crippen LogP contribution in [0.25, 0.3) is 0 Å². The summed E-state index contributed by atoms with van der Waals surface area (Å²) in [5.41, 5.74) is 2.41. The summed E-state index contributed by atoms with van der Waals surface area (Å²) in [6.45, 7) is 8.93. The third-order valence-corrected chi connectivity index (χ3v) is 2.79. The smallest absolute Gasteiger partial charge is 0.126 e. The number of hydrogen-bond donors (Lipinski definition) is 1. The second-order valence-electron chi connectivity index (χ2n) is 3.84. The molecule has 0 radical (unpaired) electrons. The number of halogens is 1. The minimum absolute atomic E-state index is 0.779. The molecule has 0 amide bonds. The summed E-state index contributed by atoms with van der Waals surface area (Å²) in [5, 5.41) is 3.33. The predicted molar refractivity (Wildman–Crippen MR) is 72.0 cm³/mol. The Morgan fingerprint density at radius 3 is 2.69 bits per heavy atom. The molecule has 1 N–H and O–H groups in total. The summed E-state index contributed by atoms with van der Waals surface area (Å²) in [7, 11) is 0. The molecule has 2 nitrogen and oxygen atoms in total. The van der Waals surface area contributed by atoms with Crippen LogP contribution in [0.5, 0.6) is 5.75 Å². The van der Waals surface area contributed by atoms with Gasteiger partial charge < -0.3 is 10.1 Å². The molecule has 0 bridgehead atoms. The van der Waals surface area contributed by atoms with Crippen molar-refractivity contribution in [3.05, 3.63) is 27.7 Å². The van der Waals surface area contributed by atoms with Crippen molar-refractivity contribution in [3.8, 4) is 5.75 Å². The fraction of sp³-hybridized carbons (Fsp3) is 0.538. The van der Waals surface area contributed by atoms with Gasteiger partial charge in [-0.2, -0.15) is 0 Å². The van der Waals surface area contributed by atoms with Crippen LogP contribution in [0.4, 0.5) is 0 Å². The van der Waals surface area contributed by atoms with Gasteiger partial charge in [-0.25, -0.2) is 0 Å². The van der Waals surface area contributed by atoms with Gasteiger partial charge in [0.1, 0.15) is 5.75 Å². The first-order valence-corrected chi connectivity index (χ1v) is 6.60. The lowest BCUT2D eigenvalue weighted by Gasteiger charge is -2.14. The SMILES string of the molecule is CCCOc1c(C)cc(Br)cc1CNCC. The molecule has 16 heavy (non-hydrogen) atoms. The highest BCUT2D eigenvalue weighted by atomic mass is 79.9. The first-order chi connectivity index (χ1) is 7.69. The maximum Gasteiger partial charge on any atom is 0.126 e. The monoisotopic (exact) mass is 285 g/mol.